The van der Waals surface area contributed by atoms with Gasteiger partial charge in [0.2, 0.25) is 0 Å². The Morgan fingerprint density at radius 1 is 0.306 bits per heavy atom. The second-order valence-electron chi connectivity index (χ2n) is 18.5. The van der Waals surface area contributed by atoms with E-state index in [2.05, 4.69) is 154 Å². The Hall–Kier alpha value is -4.71. The highest BCUT2D eigenvalue weighted by molar-refractivity contribution is 5.72. The summed E-state index contributed by atoms with van der Waals surface area (Å²) in [4.78, 5) is 37.8. The van der Waals surface area contributed by atoms with Crippen LogP contribution in [0.1, 0.15) is 233 Å². The van der Waals surface area contributed by atoms with E-state index in [1.54, 1.807) is 6.08 Å². The summed E-state index contributed by atoms with van der Waals surface area (Å²) in [5.74, 6) is -1.07. The fourth-order valence-corrected chi connectivity index (χ4v) is 7.38. The van der Waals surface area contributed by atoms with E-state index in [1.165, 1.54) is 77.0 Å². The zero-order chi connectivity index (χ0) is 52.2. The summed E-state index contributed by atoms with van der Waals surface area (Å²) in [6.45, 7) is 6.24. The molecule has 0 fully saturated rings. The molecule has 0 radical (unpaired) electrons. The monoisotopic (exact) mass is 993 g/mol. The number of hydrogen-bond acceptors (Lipinski definition) is 6. The van der Waals surface area contributed by atoms with Crippen LogP contribution in [0, 0.1) is 0 Å². The first kappa shape index (κ1) is 67.3. The molecule has 72 heavy (non-hydrogen) atoms. The number of ether oxygens (including phenoxy) is 3. The van der Waals surface area contributed by atoms with Crippen molar-refractivity contribution in [2.45, 2.75) is 239 Å². The summed E-state index contributed by atoms with van der Waals surface area (Å²) in [5, 5.41) is 0. The maximum Gasteiger partial charge on any atom is 0.310 e. The molecule has 0 aromatic heterocycles. The van der Waals surface area contributed by atoms with Crippen molar-refractivity contribution in [3.63, 3.8) is 0 Å². The van der Waals surface area contributed by atoms with E-state index in [0.29, 0.717) is 19.3 Å². The van der Waals surface area contributed by atoms with Gasteiger partial charge < -0.3 is 14.2 Å². The highest BCUT2D eigenvalue weighted by Crippen LogP contribution is 2.14. The zero-order valence-corrected chi connectivity index (χ0v) is 46.1. The predicted molar refractivity (Wildman–Crippen MR) is 311 cm³/mol. The molecule has 0 aromatic carbocycles. The average molecular weight is 994 g/mol. The van der Waals surface area contributed by atoms with Crippen molar-refractivity contribution in [3.8, 4) is 0 Å². The Balaban J connectivity index is 4.15. The molecule has 0 saturated carbocycles. The van der Waals surface area contributed by atoms with Crippen LogP contribution >= 0.6 is 0 Å². The van der Waals surface area contributed by atoms with Crippen LogP contribution in [0.15, 0.2) is 146 Å². The van der Waals surface area contributed by atoms with Gasteiger partial charge in [0.1, 0.15) is 13.2 Å². The van der Waals surface area contributed by atoms with Crippen LogP contribution in [0.5, 0.6) is 0 Å². The topological polar surface area (TPSA) is 78.9 Å². The van der Waals surface area contributed by atoms with Gasteiger partial charge in [-0.15, -0.1) is 0 Å². The molecule has 6 nitrogen and oxygen atoms in total. The van der Waals surface area contributed by atoms with E-state index < -0.39 is 12.1 Å². The second kappa shape index (κ2) is 58.9. The molecule has 0 rings (SSSR count). The van der Waals surface area contributed by atoms with Crippen LogP contribution in [0.3, 0.4) is 0 Å². The predicted octanol–water partition coefficient (Wildman–Crippen LogP) is 19.6. The first-order valence-corrected chi connectivity index (χ1v) is 28.8. The lowest BCUT2D eigenvalue weighted by molar-refractivity contribution is -0.166. The fraction of sp³-hybridized carbons (Fsp3) is 0.591. The van der Waals surface area contributed by atoms with E-state index >= 15 is 0 Å². The zero-order valence-electron chi connectivity index (χ0n) is 46.1. The molecule has 0 spiro atoms. The molecule has 6 heteroatoms. The maximum atomic E-state index is 12.7. The van der Waals surface area contributed by atoms with Crippen LogP contribution < -0.4 is 0 Å². The van der Waals surface area contributed by atoms with Crippen molar-refractivity contribution in [2.75, 3.05) is 13.2 Å². The maximum absolute atomic E-state index is 12.7. The minimum Gasteiger partial charge on any atom is -0.462 e. The minimum atomic E-state index is -0.834. The van der Waals surface area contributed by atoms with Gasteiger partial charge in [-0.2, -0.15) is 0 Å². The van der Waals surface area contributed by atoms with Gasteiger partial charge in [-0.1, -0.05) is 256 Å². The third-order valence-electron chi connectivity index (χ3n) is 11.6. The molecule has 0 aliphatic rings. The Morgan fingerprint density at radius 2 is 0.583 bits per heavy atom. The van der Waals surface area contributed by atoms with Crippen molar-refractivity contribution in [1.29, 1.82) is 0 Å². The van der Waals surface area contributed by atoms with Crippen molar-refractivity contribution in [3.05, 3.63) is 146 Å². The third-order valence-corrected chi connectivity index (χ3v) is 11.6. The molecule has 0 aromatic rings. The van der Waals surface area contributed by atoms with Crippen LogP contribution in [0.4, 0.5) is 0 Å². The Kier molecular flexibility index (Phi) is 55.0. The molecule has 404 valence electrons. The lowest BCUT2D eigenvalue weighted by Crippen LogP contribution is -2.30. The largest absolute Gasteiger partial charge is 0.462 e. The quantitative estimate of drug-likeness (QED) is 0.0261. The Morgan fingerprint density at radius 3 is 0.917 bits per heavy atom. The number of hydrogen-bond donors (Lipinski definition) is 0. The molecule has 0 amide bonds. The third kappa shape index (κ3) is 56.2. The summed E-state index contributed by atoms with van der Waals surface area (Å²) in [6.07, 6.45) is 84.8. The van der Waals surface area contributed by atoms with Crippen molar-refractivity contribution < 1.29 is 28.6 Å². The van der Waals surface area contributed by atoms with Gasteiger partial charge in [-0.25, -0.2) is 0 Å². The average Bonchev–Trinajstić information content (AvgIpc) is 3.38. The van der Waals surface area contributed by atoms with Crippen LogP contribution in [-0.2, 0) is 28.6 Å². The number of unbranched alkanes of at least 4 members (excludes halogenated alkanes) is 16. The molecule has 0 heterocycles. The van der Waals surface area contributed by atoms with Gasteiger partial charge in [-0.3, -0.25) is 14.4 Å². The smallest absolute Gasteiger partial charge is 0.310 e. The first-order chi connectivity index (χ1) is 35.5. The summed E-state index contributed by atoms with van der Waals surface area (Å²) >= 11 is 0. The summed E-state index contributed by atoms with van der Waals surface area (Å²) < 4.78 is 16.6. The fourth-order valence-electron chi connectivity index (χ4n) is 7.38. The van der Waals surface area contributed by atoms with Gasteiger partial charge in [-0.05, 0) is 103 Å². The molecular formula is C66H104O6. The number of carbonyl (C=O) groups is 3. The van der Waals surface area contributed by atoms with Crippen LogP contribution in [0.2, 0.25) is 0 Å². The van der Waals surface area contributed by atoms with Crippen LogP contribution in [-0.4, -0.2) is 37.2 Å². The van der Waals surface area contributed by atoms with Crippen molar-refractivity contribution in [1.82, 2.24) is 0 Å². The van der Waals surface area contributed by atoms with E-state index in [0.717, 1.165) is 109 Å². The normalized spacial score (nSPS) is 13.2. The number of rotatable bonds is 50. The highest BCUT2D eigenvalue weighted by atomic mass is 16.6. The molecule has 0 aliphatic heterocycles. The molecule has 0 bridgehead atoms. The second-order valence-corrected chi connectivity index (χ2v) is 18.5. The standard InChI is InChI=1S/C66H104O6/c1-4-7-10-13-16-18-20-22-24-25-26-27-28-29-30-31-32-33-34-35-36-37-38-39-40-41-43-44-46-48-50-53-56-59-65(68)71-62-63(61-70-64(67)58-55-52-15-12-9-6-3)72-66(69)60-57-54-51-49-47-45-42-23-21-19-17-14-11-8-5-2/h7-8,10-11,16-19,22-24,26-27,29-30,32-33,35-36,42,47,49,54,57,63H,4-6,9,12-15,20-21,25,28,31,34,37-41,43-46,48,50-53,55-56,58-62H2,1-3H3/b10-7-,11-8-,18-16-,19-17-,24-22-,27-26-,30-29-,33-32-,36-35-,42-23-,49-47-,57-54-. The van der Waals surface area contributed by atoms with Crippen molar-refractivity contribution >= 4 is 17.9 Å². The molecule has 1 unspecified atom stereocenters. The number of esters is 3. The van der Waals surface area contributed by atoms with Crippen LogP contribution in [0.25, 0.3) is 0 Å². The van der Waals surface area contributed by atoms with E-state index in [-0.39, 0.29) is 31.6 Å². The lowest BCUT2D eigenvalue weighted by Gasteiger charge is -2.18. The SMILES string of the molecule is CC/C=C\C/C=C\C/C=C\C/C=C\C/C=C\C/C=C\C/C=C\CCCCCCCCCCCCCC(=O)OCC(COC(=O)CCCCCCCC)OC(=O)C/C=C\C/C=C\C/C=C\C/C=C\C/C=C\CC. The van der Waals surface area contributed by atoms with Gasteiger partial charge in [0.25, 0.3) is 0 Å². The van der Waals surface area contributed by atoms with E-state index in [4.69, 9.17) is 14.2 Å². The lowest BCUT2D eigenvalue weighted by atomic mass is 10.0. The Labute approximate surface area is 442 Å². The summed E-state index contributed by atoms with van der Waals surface area (Å²) in [6, 6.07) is 0. The highest BCUT2D eigenvalue weighted by Gasteiger charge is 2.19. The molecular weight excluding hydrogens is 889 g/mol. The molecule has 0 N–H and O–H groups in total. The van der Waals surface area contributed by atoms with Gasteiger partial charge in [0, 0.05) is 12.8 Å². The first-order valence-electron chi connectivity index (χ1n) is 28.8. The van der Waals surface area contributed by atoms with Crippen molar-refractivity contribution in [2.24, 2.45) is 0 Å². The molecule has 0 aliphatic carbocycles. The molecule has 1 atom stereocenters. The van der Waals surface area contributed by atoms with Gasteiger partial charge in [0.05, 0.1) is 6.42 Å². The van der Waals surface area contributed by atoms with E-state index in [1.807, 2.05) is 6.08 Å². The van der Waals surface area contributed by atoms with Gasteiger partial charge >= 0.3 is 17.9 Å². The Bertz CT molecular complexity index is 1610. The van der Waals surface area contributed by atoms with Gasteiger partial charge in [0.15, 0.2) is 6.10 Å². The summed E-state index contributed by atoms with van der Waals surface area (Å²) in [7, 11) is 0. The summed E-state index contributed by atoms with van der Waals surface area (Å²) in [5.41, 5.74) is 0. The minimum absolute atomic E-state index is 0.0921. The van der Waals surface area contributed by atoms with E-state index in [9.17, 15) is 14.4 Å². The molecule has 0 saturated heterocycles. The number of carbonyl (C=O) groups excluding carboxylic acids is 3. The number of allylic oxidation sites excluding steroid dienone is 23.